The molecule has 8 heteroatoms. The molecule has 0 radical (unpaired) electrons. The fourth-order valence-electron chi connectivity index (χ4n) is 3.71. The number of hydrogen-bond donors (Lipinski definition) is 2. The normalized spacial score (nSPS) is 13.2. The largest absolute Gasteiger partial charge is 0.398 e. The summed E-state index contributed by atoms with van der Waals surface area (Å²) in [6, 6.07) is 7.53. The predicted octanol–water partition coefficient (Wildman–Crippen LogP) is 3.02. The van der Waals surface area contributed by atoms with Gasteiger partial charge in [-0.05, 0) is 50.5 Å². The van der Waals surface area contributed by atoms with Crippen molar-refractivity contribution in [1.29, 1.82) is 0 Å². The highest BCUT2D eigenvalue weighted by molar-refractivity contribution is 6.06. The molecule has 142 valence electrons. The molecule has 3 N–H and O–H groups in total. The molecule has 4 rings (SSSR count). The first kappa shape index (κ1) is 19.0. The van der Waals surface area contributed by atoms with Crippen molar-refractivity contribution in [2.24, 2.45) is 7.05 Å². The highest BCUT2D eigenvalue weighted by Gasteiger charge is 2.26. The van der Waals surface area contributed by atoms with E-state index in [-0.39, 0.29) is 18.3 Å². The average Bonchev–Trinajstić information content (AvgIpc) is 3.19. The maximum Gasteiger partial charge on any atom is 0.276 e. The SMILES string of the molecule is Cc1nn(C)c(C)c1-c1cc(C(=O)N2CCCc3c(N)cccc32)[nH]n1.Cl. The molecule has 0 saturated carbocycles. The Morgan fingerprint density at radius 1 is 1.30 bits per heavy atom. The number of carbonyl (C=O) groups excluding carboxylic acids is 1. The van der Waals surface area contributed by atoms with Gasteiger partial charge in [-0.25, -0.2) is 0 Å². The Hall–Kier alpha value is -2.80. The molecule has 1 aliphatic heterocycles. The Bertz CT molecular complexity index is 1010. The second-order valence-electron chi connectivity index (χ2n) is 6.74. The van der Waals surface area contributed by atoms with Gasteiger partial charge in [0.05, 0.1) is 11.4 Å². The van der Waals surface area contributed by atoms with E-state index >= 15 is 0 Å². The molecule has 0 atom stereocenters. The number of halogens is 1. The molecular formula is C19H23ClN6O. The lowest BCUT2D eigenvalue weighted by atomic mass is 9.99. The first-order valence-electron chi connectivity index (χ1n) is 8.72. The van der Waals surface area contributed by atoms with E-state index in [0.717, 1.165) is 52.4 Å². The molecule has 0 aliphatic carbocycles. The van der Waals surface area contributed by atoms with Crippen molar-refractivity contribution < 1.29 is 4.79 Å². The molecule has 0 saturated heterocycles. The Balaban J connectivity index is 0.00000210. The minimum atomic E-state index is -0.0884. The predicted molar refractivity (Wildman–Crippen MR) is 108 cm³/mol. The molecule has 0 fully saturated rings. The van der Waals surface area contributed by atoms with Crippen molar-refractivity contribution in [3.63, 3.8) is 0 Å². The number of benzene rings is 1. The van der Waals surface area contributed by atoms with Crippen molar-refractivity contribution in [3.05, 3.63) is 46.9 Å². The molecule has 7 nitrogen and oxygen atoms in total. The molecule has 3 aromatic rings. The molecule has 3 heterocycles. The zero-order valence-corrected chi connectivity index (χ0v) is 16.4. The number of nitrogen functional groups attached to an aromatic ring is 1. The van der Waals surface area contributed by atoms with Crippen LogP contribution in [0.5, 0.6) is 0 Å². The van der Waals surface area contributed by atoms with Gasteiger partial charge >= 0.3 is 0 Å². The number of aromatic amines is 1. The van der Waals surface area contributed by atoms with Crippen molar-refractivity contribution >= 4 is 29.7 Å². The zero-order valence-electron chi connectivity index (χ0n) is 15.6. The van der Waals surface area contributed by atoms with Crippen LogP contribution in [0.1, 0.15) is 33.9 Å². The van der Waals surface area contributed by atoms with Gasteiger partial charge in [-0.2, -0.15) is 10.2 Å². The van der Waals surface area contributed by atoms with Crippen LogP contribution in [0.2, 0.25) is 0 Å². The molecule has 1 aliphatic rings. The third kappa shape index (κ3) is 3.08. The van der Waals surface area contributed by atoms with Crippen LogP contribution in [0.4, 0.5) is 11.4 Å². The van der Waals surface area contributed by atoms with Crippen LogP contribution in [0.25, 0.3) is 11.3 Å². The van der Waals surface area contributed by atoms with E-state index in [4.69, 9.17) is 5.73 Å². The number of nitrogens with two attached hydrogens (primary N) is 1. The summed E-state index contributed by atoms with van der Waals surface area (Å²) in [5, 5.41) is 11.7. The average molecular weight is 387 g/mol. The maximum absolute atomic E-state index is 13.1. The Kier molecular flexibility index (Phi) is 4.97. The summed E-state index contributed by atoms with van der Waals surface area (Å²) in [5.74, 6) is -0.0884. The summed E-state index contributed by atoms with van der Waals surface area (Å²) < 4.78 is 1.82. The number of fused-ring (bicyclic) bond motifs is 1. The quantitative estimate of drug-likeness (QED) is 0.662. The molecule has 27 heavy (non-hydrogen) atoms. The van der Waals surface area contributed by atoms with Crippen LogP contribution < -0.4 is 10.6 Å². The first-order chi connectivity index (χ1) is 12.5. The fraction of sp³-hybridized carbons (Fsp3) is 0.316. The van der Waals surface area contributed by atoms with Crippen LogP contribution >= 0.6 is 12.4 Å². The molecular weight excluding hydrogens is 364 g/mol. The van der Waals surface area contributed by atoms with Gasteiger partial charge in [-0.3, -0.25) is 14.6 Å². The summed E-state index contributed by atoms with van der Waals surface area (Å²) in [5.41, 5.74) is 12.9. The number of aromatic nitrogens is 4. The van der Waals surface area contributed by atoms with Crippen molar-refractivity contribution in [2.75, 3.05) is 17.2 Å². The van der Waals surface area contributed by atoms with Crippen molar-refractivity contribution in [1.82, 2.24) is 20.0 Å². The second-order valence-corrected chi connectivity index (χ2v) is 6.74. The lowest BCUT2D eigenvalue weighted by molar-refractivity contribution is 0.0980. The van der Waals surface area contributed by atoms with Gasteiger partial charge in [-0.15, -0.1) is 12.4 Å². The molecule has 0 bridgehead atoms. The molecule has 0 spiro atoms. The summed E-state index contributed by atoms with van der Waals surface area (Å²) in [6.07, 6.45) is 1.79. The van der Waals surface area contributed by atoms with Gasteiger partial charge in [0.15, 0.2) is 0 Å². The molecule has 1 amide bonds. The number of anilines is 2. The van der Waals surface area contributed by atoms with E-state index in [0.29, 0.717) is 12.2 Å². The van der Waals surface area contributed by atoms with Crippen LogP contribution in [0.15, 0.2) is 24.3 Å². The number of amides is 1. The van der Waals surface area contributed by atoms with Gasteiger partial charge < -0.3 is 10.6 Å². The minimum Gasteiger partial charge on any atom is -0.398 e. The van der Waals surface area contributed by atoms with Gasteiger partial charge in [0.1, 0.15) is 5.69 Å². The summed E-state index contributed by atoms with van der Waals surface area (Å²) in [7, 11) is 1.90. The monoisotopic (exact) mass is 386 g/mol. The van der Waals surface area contributed by atoms with Gasteiger partial charge in [0.2, 0.25) is 0 Å². The first-order valence-corrected chi connectivity index (χ1v) is 8.72. The van der Waals surface area contributed by atoms with E-state index in [1.807, 2.05) is 43.8 Å². The lowest BCUT2D eigenvalue weighted by Crippen LogP contribution is -2.36. The number of hydrogen-bond acceptors (Lipinski definition) is 4. The van der Waals surface area contributed by atoms with E-state index in [9.17, 15) is 4.79 Å². The third-order valence-corrected chi connectivity index (χ3v) is 5.11. The lowest BCUT2D eigenvalue weighted by Gasteiger charge is -2.29. The number of nitrogens with zero attached hydrogens (tertiary/aromatic N) is 4. The number of carbonyl (C=O) groups is 1. The highest BCUT2D eigenvalue weighted by Crippen LogP contribution is 2.32. The summed E-state index contributed by atoms with van der Waals surface area (Å²) in [6.45, 7) is 4.62. The smallest absolute Gasteiger partial charge is 0.276 e. The molecule has 2 aromatic heterocycles. The van der Waals surface area contributed by atoms with E-state index in [2.05, 4.69) is 15.3 Å². The standard InChI is InChI=1S/C19H22N6O.ClH/c1-11-18(12(2)24(3)23-11)15-10-16(22-21-15)19(26)25-9-5-6-13-14(20)7-4-8-17(13)25;/h4,7-8,10H,5-6,9,20H2,1-3H3,(H,21,22);1H. The molecule has 0 unspecified atom stereocenters. The summed E-state index contributed by atoms with van der Waals surface area (Å²) >= 11 is 0. The Labute approximate surface area is 164 Å². The fourth-order valence-corrected chi connectivity index (χ4v) is 3.71. The summed E-state index contributed by atoms with van der Waals surface area (Å²) in [4.78, 5) is 14.9. The van der Waals surface area contributed by atoms with Crippen LogP contribution in [-0.2, 0) is 13.5 Å². The van der Waals surface area contributed by atoms with Crippen molar-refractivity contribution in [3.8, 4) is 11.3 Å². The topological polar surface area (TPSA) is 92.8 Å². The van der Waals surface area contributed by atoms with Crippen LogP contribution in [0.3, 0.4) is 0 Å². The number of nitrogens with one attached hydrogen (secondary N) is 1. The third-order valence-electron chi connectivity index (χ3n) is 5.11. The second kappa shape index (κ2) is 7.08. The number of rotatable bonds is 2. The van der Waals surface area contributed by atoms with Crippen LogP contribution in [0, 0.1) is 13.8 Å². The van der Waals surface area contributed by atoms with E-state index < -0.39 is 0 Å². The minimum absolute atomic E-state index is 0. The molecule has 1 aromatic carbocycles. The van der Waals surface area contributed by atoms with E-state index in [1.54, 1.807) is 11.0 Å². The number of aryl methyl sites for hydroxylation is 2. The highest BCUT2D eigenvalue weighted by atomic mass is 35.5. The maximum atomic E-state index is 13.1. The Morgan fingerprint density at radius 2 is 2.07 bits per heavy atom. The zero-order chi connectivity index (χ0) is 18.4. The van der Waals surface area contributed by atoms with Gasteiger partial charge in [-0.1, -0.05) is 6.07 Å². The Morgan fingerprint density at radius 3 is 2.78 bits per heavy atom. The van der Waals surface area contributed by atoms with E-state index in [1.165, 1.54) is 0 Å². The number of H-pyrrole nitrogens is 1. The van der Waals surface area contributed by atoms with Gasteiger partial charge in [0.25, 0.3) is 5.91 Å². The van der Waals surface area contributed by atoms with Gasteiger partial charge in [0, 0.05) is 36.2 Å². The van der Waals surface area contributed by atoms with Crippen molar-refractivity contribution in [2.45, 2.75) is 26.7 Å². The van der Waals surface area contributed by atoms with Crippen LogP contribution in [-0.4, -0.2) is 32.4 Å².